The van der Waals surface area contributed by atoms with Crippen molar-refractivity contribution in [2.24, 2.45) is 0 Å². The largest absolute Gasteiger partial charge is 0.310 e. The van der Waals surface area contributed by atoms with Crippen LogP contribution in [0.3, 0.4) is 0 Å². The van der Waals surface area contributed by atoms with E-state index in [1.165, 1.54) is 28.4 Å². The lowest BCUT2D eigenvalue weighted by Gasteiger charge is -2.20. The minimum absolute atomic E-state index is 0.754. The molecule has 0 radical (unpaired) electrons. The number of rotatable bonds is 9. The van der Waals surface area contributed by atoms with Crippen LogP contribution in [0.5, 0.6) is 0 Å². The summed E-state index contributed by atoms with van der Waals surface area (Å²) in [6.45, 7) is 11.3. The molecular formula is C17H23BrN2. The van der Waals surface area contributed by atoms with Crippen LogP contribution in [-0.4, -0.2) is 24.0 Å². The maximum Gasteiger partial charge on any atom is 0.0251 e. The Bertz CT molecular complexity index is 456. The predicted molar refractivity (Wildman–Crippen MR) is 89.7 cm³/mol. The molecule has 0 unspecified atom stereocenters. The fourth-order valence-electron chi connectivity index (χ4n) is 2.19. The Hall–Kier alpha value is -0.900. The summed E-state index contributed by atoms with van der Waals surface area (Å²) in [5, 5.41) is 3.54. The van der Waals surface area contributed by atoms with Gasteiger partial charge in [-0.2, -0.15) is 0 Å². The van der Waals surface area contributed by atoms with Crippen LogP contribution < -0.4 is 5.32 Å². The van der Waals surface area contributed by atoms with Gasteiger partial charge in [-0.05, 0) is 30.0 Å². The van der Waals surface area contributed by atoms with Gasteiger partial charge < -0.3 is 5.32 Å². The quantitative estimate of drug-likeness (QED) is 0.689. The van der Waals surface area contributed by atoms with E-state index in [2.05, 4.69) is 57.5 Å². The van der Waals surface area contributed by atoms with Crippen LogP contribution in [0, 0.1) is 0 Å². The van der Waals surface area contributed by atoms with Gasteiger partial charge >= 0.3 is 0 Å². The molecule has 3 heteroatoms. The second-order valence-corrected chi connectivity index (χ2v) is 6.21. The van der Waals surface area contributed by atoms with Crippen LogP contribution >= 0.6 is 15.9 Å². The molecule has 0 saturated heterocycles. The van der Waals surface area contributed by atoms with E-state index in [1.54, 1.807) is 0 Å². The van der Waals surface area contributed by atoms with Gasteiger partial charge in [0.2, 0.25) is 0 Å². The van der Waals surface area contributed by atoms with Crippen LogP contribution in [0.15, 0.2) is 48.0 Å². The minimum Gasteiger partial charge on any atom is -0.310 e. The molecule has 20 heavy (non-hydrogen) atoms. The number of benzene rings is 1. The van der Waals surface area contributed by atoms with Crippen molar-refractivity contribution in [2.45, 2.75) is 32.0 Å². The molecule has 1 N–H and O–H groups in total. The Morgan fingerprint density at radius 2 is 1.95 bits per heavy atom. The van der Waals surface area contributed by atoms with Crippen molar-refractivity contribution in [3.8, 4) is 0 Å². The average molecular weight is 335 g/mol. The summed E-state index contributed by atoms with van der Waals surface area (Å²) in [6, 6.07) is 7.41. The SMILES string of the molecule is C=CCN(CC=C)Cc1ccc(CNC2CC2)cc1Br. The molecule has 0 amide bonds. The molecule has 0 spiro atoms. The van der Waals surface area contributed by atoms with Crippen molar-refractivity contribution < 1.29 is 0 Å². The molecule has 2 nitrogen and oxygen atoms in total. The molecule has 1 fully saturated rings. The molecule has 2 rings (SSSR count). The van der Waals surface area contributed by atoms with E-state index < -0.39 is 0 Å². The van der Waals surface area contributed by atoms with E-state index >= 15 is 0 Å². The lowest BCUT2D eigenvalue weighted by atomic mass is 10.1. The van der Waals surface area contributed by atoms with Gasteiger partial charge in [0.05, 0.1) is 0 Å². The van der Waals surface area contributed by atoms with E-state index in [1.807, 2.05) is 12.2 Å². The van der Waals surface area contributed by atoms with Gasteiger partial charge in [0, 0.05) is 36.7 Å². The molecule has 1 aliphatic carbocycles. The van der Waals surface area contributed by atoms with Crippen molar-refractivity contribution in [3.63, 3.8) is 0 Å². The monoisotopic (exact) mass is 334 g/mol. The zero-order chi connectivity index (χ0) is 14.4. The summed E-state index contributed by atoms with van der Waals surface area (Å²) < 4.78 is 1.19. The maximum atomic E-state index is 3.81. The minimum atomic E-state index is 0.754. The number of halogens is 1. The molecule has 1 aliphatic rings. The molecule has 1 aromatic carbocycles. The van der Waals surface area contributed by atoms with Crippen LogP contribution in [0.1, 0.15) is 24.0 Å². The highest BCUT2D eigenvalue weighted by molar-refractivity contribution is 9.10. The molecule has 0 aliphatic heterocycles. The number of nitrogens with zero attached hydrogens (tertiary/aromatic N) is 1. The average Bonchev–Trinajstić information content (AvgIpc) is 3.24. The lowest BCUT2D eigenvalue weighted by Crippen LogP contribution is -2.23. The topological polar surface area (TPSA) is 15.3 Å². The Morgan fingerprint density at radius 3 is 2.50 bits per heavy atom. The Labute approximate surface area is 130 Å². The first-order valence-electron chi connectivity index (χ1n) is 7.17. The number of hydrogen-bond donors (Lipinski definition) is 1. The van der Waals surface area contributed by atoms with E-state index in [0.717, 1.165) is 32.2 Å². The standard InChI is InChI=1S/C17H23BrN2/c1-3-9-20(10-4-2)13-15-6-5-14(11-17(15)18)12-19-16-7-8-16/h3-6,11,16,19H,1-2,7-10,12-13H2. The van der Waals surface area contributed by atoms with Crippen LogP contribution in [0.4, 0.5) is 0 Å². The van der Waals surface area contributed by atoms with Gasteiger partial charge in [0.15, 0.2) is 0 Å². The predicted octanol–water partition coefficient (Wildman–Crippen LogP) is 3.88. The zero-order valence-electron chi connectivity index (χ0n) is 11.9. The van der Waals surface area contributed by atoms with Crippen LogP contribution in [0.25, 0.3) is 0 Å². The number of nitrogens with one attached hydrogen (secondary N) is 1. The second kappa shape index (κ2) is 7.77. The third kappa shape index (κ3) is 4.89. The highest BCUT2D eigenvalue weighted by atomic mass is 79.9. The van der Waals surface area contributed by atoms with Crippen molar-refractivity contribution in [2.75, 3.05) is 13.1 Å². The second-order valence-electron chi connectivity index (χ2n) is 5.35. The molecule has 0 atom stereocenters. The first-order chi connectivity index (χ1) is 9.72. The summed E-state index contributed by atoms with van der Waals surface area (Å²) >= 11 is 3.69. The van der Waals surface area contributed by atoms with Gasteiger partial charge in [-0.15, -0.1) is 13.2 Å². The highest BCUT2D eigenvalue weighted by Crippen LogP contribution is 2.22. The van der Waals surface area contributed by atoms with Crippen molar-refractivity contribution in [1.29, 1.82) is 0 Å². The first-order valence-corrected chi connectivity index (χ1v) is 7.97. The van der Waals surface area contributed by atoms with Crippen molar-refractivity contribution >= 4 is 15.9 Å². The Kier molecular flexibility index (Phi) is 6.02. The van der Waals surface area contributed by atoms with Gasteiger partial charge in [0.1, 0.15) is 0 Å². The normalized spacial score (nSPS) is 14.5. The van der Waals surface area contributed by atoms with E-state index in [0.29, 0.717) is 0 Å². The molecule has 0 heterocycles. The lowest BCUT2D eigenvalue weighted by molar-refractivity contribution is 0.327. The summed E-state index contributed by atoms with van der Waals surface area (Å²) in [5.74, 6) is 0. The summed E-state index contributed by atoms with van der Waals surface area (Å²) in [4.78, 5) is 2.31. The van der Waals surface area contributed by atoms with Crippen LogP contribution in [0.2, 0.25) is 0 Å². The molecular weight excluding hydrogens is 312 g/mol. The van der Waals surface area contributed by atoms with E-state index in [-0.39, 0.29) is 0 Å². The Morgan fingerprint density at radius 1 is 1.25 bits per heavy atom. The third-order valence-corrected chi connectivity index (χ3v) is 4.20. The third-order valence-electron chi connectivity index (χ3n) is 3.46. The first kappa shape index (κ1) is 15.5. The zero-order valence-corrected chi connectivity index (χ0v) is 13.5. The fourth-order valence-corrected chi connectivity index (χ4v) is 2.74. The Balaban J connectivity index is 1.95. The van der Waals surface area contributed by atoms with Gasteiger partial charge in [-0.3, -0.25) is 4.90 Å². The van der Waals surface area contributed by atoms with Crippen molar-refractivity contribution in [3.05, 3.63) is 59.1 Å². The molecule has 0 bridgehead atoms. The van der Waals surface area contributed by atoms with E-state index in [4.69, 9.17) is 0 Å². The smallest absolute Gasteiger partial charge is 0.0251 e. The summed E-state index contributed by atoms with van der Waals surface area (Å²) in [7, 11) is 0. The molecule has 1 saturated carbocycles. The molecule has 1 aromatic rings. The summed E-state index contributed by atoms with van der Waals surface area (Å²) in [6.07, 6.45) is 6.53. The van der Waals surface area contributed by atoms with Gasteiger partial charge in [-0.1, -0.05) is 40.2 Å². The fraction of sp³-hybridized carbons (Fsp3) is 0.412. The number of hydrogen-bond acceptors (Lipinski definition) is 2. The van der Waals surface area contributed by atoms with Crippen molar-refractivity contribution in [1.82, 2.24) is 10.2 Å². The maximum absolute atomic E-state index is 3.81. The highest BCUT2D eigenvalue weighted by Gasteiger charge is 2.20. The molecule has 108 valence electrons. The van der Waals surface area contributed by atoms with Gasteiger partial charge in [-0.25, -0.2) is 0 Å². The van der Waals surface area contributed by atoms with Crippen LogP contribution in [-0.2, 0) is 13.1 Å². The van der Waals surface area contributed by atoms with E-state index in [9.17, 15) is 0 Å². The van der Waals surface area contributed by atoms with Gasteiger partial charge in [0.25, 0.3) is 0 Å². The summed E-state index contributed by atoms with van der Waals surface area (Å²) in [5.41, 5.74) is 2.65. The molecule has 0 aromatic heterocycles.